The van der Waals surface area contributed by atoms with Crippen molar-refractivity contribution in [3.63, 3.8) is 0 Å². The molecule has 2 aromatic heterocycles. The van der Waals surface area contributed by atoms with Crippen LogP contribution in [0.5, 0.6) is 0 Å². The molecule has 1 atom stereocenters. The second kappa shape index (κ2) is 10.3. The molecule has 180 valence electrons. The van der Waals surface area contributed by atoms with Gasteiger partial charge in [-0.2, -0.15) is 18.3 Å². The lowest BCUT2D eigenvalue weighted by Crippen LogP contribution is -2.43. The number of amides is 1. The van der Waals surface area contributed by atoms with Crippen LogP contribution in [0.3, 0.4) is 0 Å². The molecule has 0 spiro atoms. The molecule has 1 N–H and O–H groups in total. The van der Waals surface area contributed by atoms with Crippen LogP contribution in [0.1, 0.15) is 53.0 Å². The maximum absolute atomic E-state index is 13.2. The summed E-state index contributed by atoms with van der Waals surface area (Å²) in [6, 6.07) is 1.82. The van der Waals surface area contributed by atoms with Crippen LogP contribution < -0.4 is 0 Å². The van der Waals surface area contributed by atoms with Gasteiger partial charge in [-0.1, -0.05) is 0 Å². The minimum atomic E-state index is -5.08. The highest BCUT2D eigenvalue weighted by Crippen LogP contribution is 2.35. The second-order valence-corrected chi connectivity index (χ2v) is 8.16. The third kappa shape index (κ3) is 6.31. The quantitative estimate of drug-likeness (QED) is 0.698. The Labute approximate surface area is 189 Å². The summed E-state index contributed by atoms with van der Waals surface area (Å²) in [5.41, 5.74) is 4.05. The smallest absolute Gasteiger partial charge is 0.475 e. The molecule has 2 aromatic rings. The van der Waals surface area contributed by atoms with Crippen molar-refractivity contribution in [3.8, 4) is 0 Å². The first kappa shape index (κ1) is 24.7. The number of halogens is 3. The van der Waals surface area contributed by atoms with Gasteiger partial charge in [0.1, 0.15) is 0 Å². The maximum atomic E-state index is 13.2. The van der Waals surface area contributed by atoms with Gasteiger partial charge < -0.3 is 14.7 Å². The molecule has 1 fully saturated rings. The van der Waals surface area contributed by atoms with Crippen LogP contribution >= 0.6 is 0 Å². The Kier molecular flexibility index (Phi) is 7.72. The van der Waals surface area contributed by atoms with E-state index in [4.69, 9.17) is 14.6 Å². The van der Waals surface area contributed by atoms with E-state index in [-0.39, 0.29) is 11.9 Å². The molecule has 1 amide bonds. The summed E-state index contributed by atoms with van der Waals surface area (Å²) < 4.78 is 39.6. The van der Waals surface area contributed by atoms with E-state index in [0.717, 1.165) is 30.1 Å². The van der Waals surface area contributed by atoms with Gasteiger partial charge >= 0.3 is 12.1 Å². The fraction of sp³-hybridized carbons (Fsp3) is 0.545. The zero-order valence-corrected chi connectivity index (χ0v) is 18.5. The van der Waals surface area contributed by atoms with Crippen LogP contribution in [-0.2, 0) is 22.5 Å². The van der Waals surface area contributed by atoms with Crippen LogP contribution in [0, 0.1) is 12.8 Å². The van der Waals surface area contributed by atoms with E-state index >= 15 is 0 Å². The van der Waals surface area contributed by atoms with Crippen LogP contribution in [0.4, 0.5) is 13.2 Å². The van der Waals surface area contributed by atoms with Crippen molar-refractivity contribution in [2.45, 2.75) is 51.9 Å². The van der Waals surface area contributed by atoms with E-state index in [1.54, 1.807) is 12.4 Å². The molecule has 11 heteroatoms. The van der Waals surface area contributed by atoms with Gasteiger partial charge in [0.05, 0.1) is 30.1 Å². The molecule has 8 nitrogen and oxygen atoms in total. The Bertz CT molecular complexity index is 988. The normalized spacial score (nSPS) is 17.7. The van der Waals surface area contributed by atoms with Crippen molar-refractivity contribution in [2.24, 2.45) is 5.92 Å². The second-order valence-electron chi connectivity index (χ2n) is 8.16. The van der Waals surface area contributed by atoms with Crippen molar-refractivity contribution < 1.29 is 32.6 Å². The van der Waals surface area contributed by atoms with Crippen molar-refractivity contribution in [2.75, 3.05) is 19.8 Å². The minimum Gasteiger partial charge on any atom is -0.475 e. The Morgan fingerprint density at radius 2 is 1.94 bits per heavy atom. The minimum absolute atomic E-state index is 0.0238. The average Bonchev–Trinajstić information content (AvgIpc) is 3.49. The molecule has 0 radical (unpaired) electrons. The lowest BCUT2D eigenvalue weighted by atomic mass is 9.99. The first-order valence-electron chi connectivity index (χ1n) is 10.8. The number of hydrogen-bond acceptors (Lipinski definition) is 5. The molecule has 1 aliphatic carbocycles. The van der Waals surface area contributed by atoms with Crippen LogP contribution in [0.15, 0.2) is 24.7 Å². The number of alkyl halides is 3. The summed E-state index contributed by atoms with van der Waals surface area (Å²) >= 11 is 0. The van der Waals surface area contributed by atoms with E-state index in [1.165, 1.54) is 18.4 Å². The van der Waals surface area contributed by atoms with Crippen LogP contribution in [0.2, 0.25) is 0 Å². The highest BCUT2D eigenvalue weighted by Gasteiger charge is 2.38. The number of aliphatic carboxylic acids is 1. The number of pyridine rings is 1. The van der Waals surface area contributed by atoms with Gasteiger partial charge in [0, 0.05) is 32.1 Å². The predicted molar refractivity (Wildman–Crippen MR) is 112 cm³/mol. The van der Waals surface area contributed by atoms with Gasteiger partial charge in [0.25, 0.3) is 5.91 Å². The van der Waals surface area contributed by atoms with E-state index in [9.17, 15) is 18.0 Å². The fourth-order valence-corrected chi connectivity index (χ4v) is 3.73. The lowest BCUT2D eigenvalue weighted by molar-refractivity contribution is -0.192. The molecule has 3 heterocycles. The van der Waals surface area contributed by atoms with E-state index in [0.29, 0.717) is 25.3 Å². The summed E-state index contributed by atoms with van der Waals surface area (Å²) in [5, 5.41) is 11.8. The number of carbonyl (C=O) groups excluding carboxylic acids is 1. The van der Waals surface area contributed by atoms with Crippen molar-refractivity contribution >= 4 is 11.9 Å². The number of nitrogens with zero attached hydrogens (tertiary/aromatic N) is 4. The summed E-state index contributed by atoms with van der Waals surface area (Å²) in [6.45, 7) is 6.72. The van der Waals surface area contributed by atoms with Gasteiger partial charge in [0.15, 0.2) is 0 Å². The third-order valence-electron chi connectivity index (χ3n) is 5.51. The van der Waals surface area contributed by atoms with Gasteiger partial charge in [0.2, 0.25) is 0 Å². The summed E-state index contributed by atoms with van der Waals surface area (Å²) in [6.07, 6.45) is 3.72. The first-order valence-corrected chi connectivity index (χ1v) is 10.8. The lowest BCUT2D eigenvalue weighted by Gasteiger charge is -2.36. The highest BCUT2D eigenvalue weighted by atomic mass is 19.4. The summed E-state index contributed by atoms with van der Waals surface area (Å²) in [5.74, 6) is -2.00. The first-order chi connectivity index (χ1) is 15.6. The topological polar surface area (TPSA) is 97.5 Å². The van der Waals surface area contributed by atoms with Crippen molar-refractivity contribution in [1.82, 2.24) is 19.7 Å². The number of rotatable bonds is 6. The largest absolute Gasteiger partial charge is 0.490 e. The summed E-state index contributed by atoms with van der Waals surface area (Å²) in [7, 11) is 0. The van der Waals surface area contributed by atoms with E-state index in [2.05, 4.69) is 14.8 Å². The Hall–Kier alpha value is -2.95. The monoisotopic (exact) mass is 468 g/mol. The molecular formula is C22H27F3N4O4. The summed E-state index contributed by atoms with van der Waals surface area (Å²) in [4.78, 5) is 28.2. The molecular weight excluding hydrogens is 441 g/mol. The molecule has 4 rings (SSSR count). The Morgan fingerprint density at radius 3 is 2.52 bits per heavy atom. The third-order valence-corrected chi connectivity index (χ3v) is 5.51. The van der Waals surface area contributed by atoms with Crippen LogP contribution in [-0.4, -0.2) is 62.6 Å². The highest BCUT2D eigenvalue weighted by molar-refractivity contribution is 5.94. The number of carboxylic acid groups (broad SMARTS) is 1. The standard InChI is InChI=1S/C20H26N4O2.C2HF3O2/c1-3-26-13-18-19-16(11-22-24(19)12-15-4-5-15)6-7-23(18)20(25)17-8-14(2)9-21-10-17;3-2(4,5)1(6)7/h8-11,15,18H,3-7,12-13H2,1-2H3;(H,6,7). The molecule has 0 aromatic carbocycles. The Morgan fingerprint density at radius 1 is 1.24 bits per heavy atom. The van der Waals surface area contributed by atoms with E-state index < -0.39 is 12.1 Å². The average molecular weight is 468 g/mol. The Balaban J connectivity index is 0.000000383. The van der Waals surface area contributed by atoms with Gasteiger partial charge in [-0.05, 0) is 56.2 Å². The van der Waals surface area contributed by atoms with Crippen molar-refractivity contribution in [3.05, 3.63) is 47.0 Å². The number of hydrogen-bond donors (Lipinski definition) is 1. The predicted octanol–water partition coefficient (Wildman–Crippen LogP) is 3.41. The zero-order valence-electron chi connectivity index (χ0n) is 18.5. The number of ether oxygens (including phenoxy) is 1. The molecule has 0 bridgehead atoms. The van der Waals surface area contributed by atoms with Gasteiger partial charge in [-0.25, -0.2) is 4.79 Å². The fourth-order valence-electron chi connectivity index (χ4n) is 3.73. The van der Waals surface area contributed by atoms with Crippen molar-refractivity contribution in [1.29, 1.82) is 0 Å². The number of aromatic nitrogens is 3. The van der Waals surface area contributed by atoms with E-state index in [1.807, 2.05) is 31.0 Å². The number of carbonyl (C=O) groups is 2. The zero-order chi connectivity index (χ0) is 24.2. The maximum Gasteiger partial charge on any atom is 0.490 e. The van der Waals surface area contributed by atoms with Gasteiger partial charge in [-0.15, -0.1) is 0 Å². The van der Waals surface area contributed by atoms with Gasteiger partial charge in [-0.3, -0.25) is 14.5 Å². The number of fused-ring (bicyclic) bond motifs is 1. The molecule has 33 heavy (non-hydrogen) atoms. The molecule has 0 saturated heterocycles. The molecule has 2 aliphatic rings. The molecule has 1 aliphatic heterocycles. The SMILES string of the molecule is CCOCC1c2c(cnn2CC2CC2)CCN1C(=O)c1cncc(C)c1.O=C(O)C(F)(F)F. The molecule has 1 unspecified atom stereocenters. The van der Waals surface area contributed by atoms with Crippen LogP contribution in [0.25, 0.3) is 0 Å². The number of carboxylic acids is 1. The number of aryl methyl sites for hydroxylation is 1. The molecule has 1 saturated carbocycles.